The number of thioether (sulfide) groups is 1. The Morgan fingerprint density at radius 1 is 1.03 bits per heavy atom. The zero-order valence-electron chi connectivity index (χ0n) is 19.0. The number of sulfonamides is 1. The van der Waals surface area contributed by atoms with E-state index in [0.717, 1.165) is 37.5 Å². The lowest BCUT2D eigenvalue weighted by molar-refractivity contribution is -0.113. The van der Waals surface area contributed by atoms with Crippen molar-refractivity contribution in [2.45, 2.75) is 24.2 Å². The highest BCUT2D eigenvalue weighted by Crippen LogP contribution is 2.34. The Bertz CT molecular complexity index is 1390. The third-order valence-electron chi connectivity index (χ3n) is 6.23. The molecule has 0 aliphatic carbocycles. The number of carbonyl (C=O) groups is 1. The molecule has 0 bridgehead atoms. The minimum absolute atomic E-state index is 0.0388. The lowest BCUT2D eigenvalue weighted by atomic mass is 9.90. The number of primary sulfonamides is 1. The molecule has 7 nitrogen and oxygen atoms in total. The summed E-state index contributed by atoms with van der Waals surface area (Å²) in [6, 6.07) is 20.3. The van der Waals surface area contributed by atoms with Crippen LogP contribution in [0, 0.1) is 5.92 Å². The molecule has 1 fully saturated rings. The molecule has 2 aliphatic rings. The summed E-state index contributed by atoms with van der Waals surface area (Å²) in [5.74, 6) is 1.48. The summed E-state index contributed by atoms with van der Waals surface area (Å²) in [5.41, 5.74) is 2.08. The van der Waals surface area contributed by atoms with Crippen molar-refractivity contribution in [3.63, 3.8) is 0 Å². The van der Waals surface area contributed by atoms with Crippen LogP contribution in [0.3, 0.4) is 0 Å². The molecule has 1 saturated heterocycles. The monoisotopic (exact) mass is 507 g/mol. The number of likely N-dealkylation sites (tertiary alicyclic amines) is 1. The summed E-state index contributed by atoms with van der Waals surface area (Å²) in [6.07, 6.45) is 4.94. The average molecular weight is 508 g/mol. The smallest absolute Gasteiger partial charge is 0.286 e. The van der Waals surface area contributed by atoms with E-state index >= 15 is 0 Å². The molecule has 0 radical (unpaired) electrons. The summed E-state index contributed by atoms with van der Waals surface area (Å²) in [5, 5.41) is 5.90. The Labute approximate surface area is 208 Å². The van der Waals surface area contributed by atoms with Gasteiger partial charge in [-0.3, -0.25) is 4.79 Å². The number of furan rings is 1. The van der Waals surface area contributed by atoms with Crippen molar-refractivity contribution in [2.75, 3.05) is 13.1 Å². The van der Waals surface area contributed by atoms with Crippen LogP contribution in [0.15, 0.2) is 85.9 Å². The molecule has 9 heteroatoms. The second-order valence-electron chi connectivity index (χ2n) is 8.70. The minimum atomic E-state index is -3.75. The molecular weight excluding hydrogens is 482 g/mol. The molecule has 1 amide bonds. The van der Waals surface area contributed by atoms with E-state index in [4.69, 9.17) is 9.56 Å². The summed E-state index contributed by atoms with van der Waals surface area (Å²) < 4.78 is 28.7. The lowest BCUT2D eigenvalue weighted by Gasteiger charge is -2.32. The molecular formula is C26H25N3O4S2. The number of benzene rings is 2. The fourth-order valence-electron chi connectivity index (χ4n) is 4.33. The topological polar surface area (TPSA) is 106 Å². The van der Waals surface area contributed by atoms with Crippen molar-refractivity contribution >= 4 is 38.9 Å². The highest BCUT2D eigenvalue weighted by atomic mass is 32.2. The molecule has 2 aromatic carbocycles. The van der Waals surface area contributed by atoms with Gasteiger partial charge in [0, 0.05) is 24.7 Å². The van der Waals surface area contributed by atoms with Crippen molar-refractivity contribution in [3.05, 3.63) is 83.0 Å². The first-order valence-corrected chi connectivity index (χ1v) is 13.8. The maximum Gasteiger partial charge on any atom is 0.286 e. The number of hydrogen-bond donors (Lipinski definition) is 1. The van der Waals surface area contributed by atoms with Gasteiger partial charge in [-0.1, -0.05) is 30.3 Å². The molecule has 0 unspecified atom stereocenters. The quantitative estimate of drug-likeness (QED) is 0.509. The Morgan fingerprint density at radius 3 is 2.43 bits per heavy atom. The normalized spacial score (nSPS) is 18.3. The van der Waals surface area contributed by atoms with Gasteiger partial charge in [0.05, 0.1) is 9.80 Å². The highest BCUT2D eigenvalue weighted by molar-refractivity contribution is 8.18. The second kappa shape index (κ2) is 9.85. The Balaban J connectivity index is 1.20. The Hall–Kier alpha value is -3.14. The van der Waals surface area contributed by atoms with Gasteiger partial charge < -0.3 is 9.32 Å². The van der Waals surface area contributed by atoms with Crippen LogP contribution in [0.4, 0.5) is 0 Å². The van der Waals surface area contributed by atoms with Crippen molar-refractivity contribution in [1.29, 1.82) is 0 Å². The van der Waals surface area contributed by atoms with Crippen LogP contribution in [0.1, 0.15) is 24.2 Å². The van der Waals surface area contributed by atoms with Crippen LogP contribution >= 0.6 is 11.8 Å². The summed E-state index contributed by atoms with van der Waals surface area (Å²) in [6.45, 7) is 1.78. The van der Waals surface area contributed by atoms with Gasteiger partial charge in [0.15, 0.2) is 5.17 Å². The number of nitrogens with two attached hydrogens (primary N) is 1. The van der Waals surface area contributed by atoms with Gasteiger partial charge >= 0.3 is 0 Å². The lowest BCUT2D eigenvalue weighted by Crippen LogP contribution is -2.37. The van der Waals surface area contributed by atoms with Crippen molar-refractivity contribution in [1.82, 2.24) is 4.90 Å². The number of amidine groups is 1. The van der Waals surface area contributed by atoms with Crippen LogP contribution in [-0.2, 0) is 21.2 Å². The molecule has 3 heterocycles. The fraction of sp³-hybridized carbons (Fsp3) is 0.231. The van der Waals surface area contributed by atoms with Crippen LogP contribution in [-0.4, -0.2) is 37.5 Å². The molecule has 5 rings (SSSR count). The van der Waals surface area contributed by atoms with Gasteiger partial charge in [-0.2, -0.15) is 4.99 Å². The van der Waals surface area contributed by atoms with Gasteiger partial charge in [-0.25, -0.2) is 13.6 Å². The van der Waals surface area contributed by atoms with E-state index in [1.165, 1.54) is 29.5 Å². The molecule has 0 saturated carbocycles. The molecule has 1 aromatic heterocycles. The standard InChI is InChI=1S/C26H25N3O4S2/c27-35(31,32)22-9-6-20(7-10-22)23-11-8-21(33-23)17-24-25(30)28-26(34-24)29-14-12-19(13-15-29)16-18-4-2-1-3-5-18/h1-11,17,19H,12-16H2,(H2,27,31,32)/b24-17-. The first-order valence-electron chi connectivity index (χ1n) is 11.4. The van der Waals surface area contributed by atoms with E-state index in [9.17, 15) is 13.2 Å². The molecule has 0 atom stereocenters. The van der Waals surface area contributed by atoms with Crippen molar-refractivity contribution in [3.8, 4) is 11.3 Å². The Kier molecular flexibility index (Phi) is 6.64. The molecule has 2 N–H and O–H groups in total. The van der Waals surface area contributed by atoms with Gasteiger partial charge in [-0.15, -0.1) is 0 Å². The number of carbonyl (C=O) groups excluding carboxylic acids is 1. The van der Waals surface area contributed by atoms with E-state index < -0.39 is 10.0 Å². The van der Waals surface area contributed by atoms with Gasteiger partial charge in [-0.05, 0) is 78.9 Å². The number of hydrogen-bond acceptors (Lipinski definition) is 6. The maximum absolute atomic E-state index is 12.5. The third-order valence-corrected chi connectivity index (χ3v) is 8.20. The molecule has 35 heavy (non-hydrogen) atoms. The SMILES string of the molecule is NS(=O)(=O)c1ccc(-c2ccc(/C=C3\SC(N4CCC(Cc5ccccc5)CC4)=NC3=O)o2)cc1. The van der Waals surface area contributed by atoms with E-state index in [2.05, 4.69) is 34.2 Å². The summed E-state index contributed by atoms with van der Waals surface area (Å²) >= 11 is 1.38. The molecule has 180 valence electrons. The summed E-state index contributed by atoms with van der Waals surface area (Å²) in [7, 11) is -3.75. The van der Waals surface area contributed by atoms with Crippen molar-refractivity contribution in [2.24, 2.45) is 16.0 Å². The largest absolute Gasteiger partial charge is 0.457 e. The maximum atomic E-state index is 12.5. The van der Waals surface area contributed by atoms with Gasteiger partial charge in [0.2, 0.25) is 10.0 Å². The fourth-order valence-corrected chi connectivity index (χ4v) is 5.79. The molecule has 3 aromatic rings. The third kappa shape index (κ3) is 5.58. The number of aliphatic imine (C=N–C) groups is 1. The number of amides is 1. The zero-order chi connectivity index (χ0) is 24.4. The van der Waals surface area contributed by atoms with E-state index in [0.29, 0.717) is 27.9 Å². The highest BCUT2D eigenvalue weighted by Gasteiger charge is 2.29. The van der Waals surface area contributed by atoms with Gasteiger partial charge in [0.25, 0.3) is 5.91 Å². The minimum Gasteiger partial charge on any atom is -0.457 e. The molecule has 0 spiro atoms. The van der Waals surface area contributed by atoms with Crippen LogP contribution < -0.4 is 5.14 Å². The predicted molar refractivity (Wildman–Crippen MR) is 138 cm³/mol. The number of rotatable bonds is 5. The van der Waals surface area contributed by atoms with E-state index in [1.807, 2.05) is 6.07 Å². The average Bonchev–Trinajstić information content (AvgIpc) is 3.47. The first kappa shape index (κ1) is 23.6. The summed E-state index contributed by atoms with van der Waals surface area (Å²) in [4.78, 5) is 19.6. The second-order valence-corrected chi connectivity index (χ2v) is 11.3. The predicted octanol–water partition coefficient (Wildman–Crippen LogP) is 4.52. The Morgan fingerprint density at radius 2 is 1.74 bits per heavy atom. The van der Waals surface area contributed by atoms with Crippen LogP contribution in [0.2, 0.25) is 0 Å². The van der Waals surface area contributed by atoms with E-state index in [1.54, 1.807) is 30.3 Å². The van der Waals surface area contributed by atoms with Crippen molar-refractivity contribution < 1.29 is 17.6 Å². The zero-order valence-corrected chi connectivity index (χ0v) is 20.6. The van der Waals surface area contributed by atoms with E-state index in [-0.39, 0.29) is 10.8 Å². The number of piperidine rings is 1. The van der Waals surface area contributed by atoms with Crippen LogP contribution in [0.25, 0.3) is 17.4 Å². The van der Waals surface area contributed by atoms with Crippen LogP contribution in [0.5, 0.6) is 0 Å². The number of nitrogens with zero attached hydrogens (tertiary/aromatic N) is 2. The molecule has 2 aliphatic heterocycles. The first-order chi connectivity index (χ1) is 16.8. The van der Waals surface area contributed by atoms with Gasteiger partial charge in [0.1, 0.15) is 11.5 Å².